The van der Waals surface area contributed by atoms with Crippen molar-refractivity contribution in [2.45, 2.75) is 24.8 Å². The monoisotopic (exact) mass is 554 g/mol. The summed E-state index contributed by atoms with van der Waals surface area (Å²) in [6.07, 6.45) is 1.51. The first-order chi connectivity index (χ1) is 18.0. The molecule has 2 aliphatic rings. The molecule has 2 N–H and O–H groups in total. The number of β-amino-alcohol motifs (C(OH)–C–C–N with tert-alkyl or cyclic N) is 1. The molecule has 5 rings (SSSR count). The Balaban J connectivity index is 1.59. The van der Waals surface area contributed by atoms with Crippen molar-refractivity contribution in [2.75, 3.05) is 20.2 Å². The van der Waals surface area contributed by atoms with Gasteiger partial charge in [-0.05, 0) is 42.8 Å². The zero-order chi connectivity index (χ0) is 27.2. The maximum atomic E-state index is 14.0. The summed E-state index contributed by atoms with van der Waals surface area (Å²) in [7, 11) is 1.52. The summed E-state index contributed by atoms with van der Waals surface area (Å²) < 4.78 is 6.14. The molecule has 1 saturated heterocycles. The molecule has 2 aliphatic heterocycles. The highest BCUT2D eigenvalue weighted by molar-refractivity contribution is 6.30. The molecule has 0 bridgehead atoms. The second-order valence-corrected chi connectivity index (χ2v) is 10.3. The van der Waals surface area contributed by atoms with Gasteiger partial charge in [0.05, 0.1) is 23.8 Å². The number of imide groups is 1. The van der Waals surface area contributed by atoms with Crippen LogP contribution in [0.2, 0.25) is 10.0 Å². The van der Waals surface area contributed by atoms with Crippen LogP contribution in [0.1, 0.15) is 39.7 Å². The van der Waals surface area contributed by atoms with Crippen molar-refractivity contribution in [3.05, 3.63) is 98.8 Å². The van der Waals surface area contributed by atoms with Crippen molar-refractivity contribution in [1.82, 2.24) is 20.1 Å². The van der Waals surface area contributed by atoms with Crippen molar-refractivity contribution < 1.29 is 24.2 Å². The molecule has 1 unspecified atom stereocenters. The predicted molar refractivity (Wildman–Crippen MR) is 139 cm³/mol. The number of hydrogen-bond acceptors (Lipinski definition) is 6. The number of ether oxygens (including phenoxy) is 1. The van der Waals surface area contributed by atoms with Crippen LogP contribution in [-0.2, 0) is 27.4 Å². The average Bonchev–Trinajstić information content (AvgIpc) is 3.32. The lowest BCUT2D eigenvalue weighted by Gasteiger charge is -2.38. The molecule has 38 heavy (non-hydrogen) atoms. The van der Waals surface area contributed by atoms with E-state index in [1.807, 2.05) is 0 Å². The number of nitrogens with one attached hydrogen (secondary N) is 1. The van der Waals surface area contributed by atoms with Gasteiger partial charge in [0, 0.05) is 35.0 Å². The summed E-state index contributed by atoms with van der Waals surface area (Å²) in [4.78, 5) is 44.8. The first-order valence-electron chi connectivity index (χ1n) is 11.7. The number of aliphatic hydroxyl groups is 1. The minimum atomic E-state index is -1.54. The second kappa shape index (κ2) is 9.67. The van der Waals surface area contributed by atoms with Crippen LogP contribution in [0, 0.1) is 0 Å². The van der Waals surface area contributed by atoms with Gasteiger partial charge in [-0.3, -0.25) is 24.8 Å². The second-order valence-electron chi connectivity index (χ2n) is 9.46. The molecule has 11 heteroatoms. The molecule has 1 aromatic heterocycles. The molecule has 1 fully saturated rings. The summed E-state index contributed by atoms with van der Waals surface area (Å²) in [6.45, 7) is 1.36. The number of halogens is 2. The quantitative estimate of drug-likeness (QED) is 0.431. The smallest absolute Gasteiger partial charge is 0.324 e. The van der Waals surface area contributed by atoms with Crippen LogP contribution in [0.4, 0.5) is 4.79 Å². The van der Waals surface area contributed by atoms with Crippen molar-refractivity contribution in [3.63, 3.8) is 0 Å². The van der Waals surface area contributed by atoms with Crippen molar-refractivity contribution in [3.8, 4) is 0 Å². The van der Waals surface area contributed by atoms with E-state index in [-0.39, 0.29) is 25.5 Å². The number of carbonyl (C=O) groups excluding carboxylic acids is 3. The Morgan fingerprint density at radius 2 is 1.79 bits per heavy atom. The largest absolute Gasteiger partial charge is 0.384 e. The van der Waals surface area contributed by atoms with Gasteiger partial charge in [-0.15, -0.1) is 0 Å². The van der Waals surface area contributed by atoms with Crippen LogP contribution >= 0.6 is 23.2 Å². The van der Waals surface area contributed by atoms with E-state index in [0.717, 1.165) is 0 Å². The Bertz CT molecular complexity index is 1430. The molecule has 0 aliphatic carbocycles. The minimum Gasteiger partial charge on any atom is -0.384 e. The normalized spacial score (nSPS) is 20.5. The lowest BCUT2D eigenvalue weighted by atomic mass is 9.88. The minimum absolute atomic E-state index is 0.114. The van der Waals surface area contributed by atoms with E-state index in [4.69, 9.17) is 27.9 Å². The Morgan fingerprint density at radius 1 is 1.08 bits per heavy atom. The van der Waals surface area contributed by atoms with E-state index in [2.05, 4.69) is 10.3 Å². The SMILES string of the molecule is CO[C@]1(c2ccc(Cl)cc2)c2ccc(C(C)(O)CN3CC(=O)NC3=O)cc2C(=O)N1Cc1ccc(Cl)cn1. The number of carbonyl (C=O) groups is 3. The first kappa shape index (κ1) is 26.1. The van der Waals surface area contributed by atoms with Crippen molar-refractivity contribution >= 4 is 41.0 Å². The number of benzene rings is 2. The number of rotatable bonds is 7. The molecule has 2 atom stereocenters. The Labute approximate surface area is 228 Å². The zero-order valence-corrected chi connectivity index (χ0v) is 22.1. The molecule has 4 amide bonds. The number of hydrogen-bond donors (Lipinski definition) is 2. The van der Waals surface area contributed by atoms with Crippen LogP contribution in [0.25, 0.3) is 0 Å². The van der Waals surface area contributed by atoms with Gasteiger partial charge in [-0.1, -0.05) is 47.5 Å². The van der Waals surface area contributed by atoms with Crippen molar-refractivity contribution in [1.29, 1.82) is 0 Å². The molecule has 0 spiro atoms. The van der Waals surface area contributed by atoms with Gasteiger partial charge in [0.15, 0.2) is 5.72 Å². The highest BCUT2D eigenvalue weighted by Crippen LogP contribution is 2.46. The topological polar surface area (TPSA) is 112 Å². The summed E-state index contributed by atoms with van der Waals surface area (Å²) >= 11 is 12.2. The summed E-state index contributed by atoms with van der Waals surface area (Å²) in [6, 6.07) is 14.9. The lowest BCUT2D eigenvalue weighted by molar-refractivity contribution is -0.118. The molecule has 0 radical (unpaired) electrons. The Morgan fingerprint density at radius 3 is 2.39 bits per heavy atom. The maximum Gasteiger partial charge on any atom is 0.324 e. The number of amides is 4. The van der Waals surface area contributed by atoms with Crippen LogP contribution < -0.4 is 5.32 Å². The van der Waals surface area contributed by atoms with Gasteiger partial charge in [0.2, 0.25) is 5.91 Å². The van der Waals surface area contributed by atoms with Crippen LogP contribution in [-0.4, -0.2) is 57.9 Å². The van der Waals surface area contributed by atoms with E-state index in [0.29, 0.717) is 38.0 Å². The van der Waals surface area contributed by atoms with E-state index < -0.39 is 23.3 Å². The molecular formula is C27H24Cl2N4O5. The Hall–Kier alpha value is -3.50. The van der Waals surface area contributed by atoms with Gasteiger partial charge in [0.1, 0.15) is 12.1 Å². The summed E-state index contributed by atoms with van der Waals surface area (Å²) in [5, 5.41) is 14.5. The Kier molecular flexibility index (Phi) is 6.65. The maximum absolute atomic E-state index is 14.0. The van der Waals surface area contributed by atoms with Gasteiger partial charge in [-0.2, -0.15) is 0 Å². The fourth-order valence-electron chi connectivity index (χ4n) is 5.03. The molecule has 9 nitrogen and oxygen atoms in total. The third kappa shape index (κ3) is 4.41. The summed E-state index contributed by atoms with van der Waals surface area (Å²) in [5.74, 6) is -0.769. The number of pyridine rings is 1. The van der Waals surface area contributed by atoms with Gasteiger partial charge >= 0.3 is 6.03 Å². The molecule has 3 heterocycles. The van der Waals surface area contributed by atoms with E-state index >= 15 is 0 Å². The molecule has 3 aromatic rings. The predicted octanol–water partition coefficient (Wildman–Crippen LogP) is 3.65. The average molecular weight is 555 g/mol. The van der Waals surface area contributed by atoms with Crippen LogP contribution in [0.15, 0.2) is 60.8 Å². The summed E-state index contributed by atoms with van der Waals surface area (Å²) in [5.41, 5.74) is -0.252. The third-order valence-corrected chi connectivity index (χ3v) is 7.34. The van der Waals surface area contributed by atoms with Gasteiger partial charge < -0.3 is 14.7 Å². The lowest BCUT2D eigenvalue weighted by Crippen LogP contribution is -2.45. The molecule has 0 saturated carbocycles. The van der Waals surface area contributed by atoms with Crippen LogP contribution in [0.5, 0.6) is 0 Å². The third-order valence-electron chi connectivity index (χ3n) is 6.87. The number of nitrogens with zero attached hydrogens (tertiary/aromatic N) is 3. The first-order valence-corrected chi connectivity index (χ1v) is 12.5. The molecule has 196 valence electrons. The highest BCUT2D eigenvalue weighted by Gasteiger charge is 2.52. The van der Waals surface area contributed by atoms with Gasteiger partial charge in [-0.25, -0.2) is 4.79 Å². The van der Waals surface area contributed by atoms with Gasteiger partial charge in [0.25, 0.3) is 5.91 Å². The fourth-order valence-corrected chi connectivity index (χ4v) is 5.27. The van der Waals surface area contributed by atoms with Crippen molar-refractivity contribution in [2.24, 2.45) is 0 Å². The zero-order valence-electron chi connectivity index (χ0n) is 20.6. The van der Waals surface area contributed by atoms with E-state index in [1.54, 1.807) is 59.5 Å². The molecule has 2 aromatic carbocycles. The number of urea groups is 1. The van der Waals surface area contributed by atoms with E-state index in [1.165, 1.54) is 25.1 Å². The number of fused-ring (bicyclic) bond motifs is 1. The van der Waals surface area contributed by atoms with Crippen LogP contribution in [0.3, 0.4) is 0 Å². The molecular weight excluding hydrogens is 531 g/mol. The standard InChI is InChI=1S/C27H24Cl2N4O5/c1-26(37,15-32-14-23(34)31-25(32)36)17-5-10-22-21(11-17)24(35)33(13-20-9-8-19(29)12-30-20)27(22,38-2)16-3-6-18(28)7-4-16/h3-12,37H,13-15H2,1-2H3,(H,31,34,36)/t26?,27-/m1/s1. The number of methoxy groups -OCH3 is 1. The van der Waals surface area contributed by atoms with E-state index in [9.17, 15) is 19.5 Å². The fraction of sp³-hybridized carbons (Fsp3) is 0.259. The highest BCUT2D eigenvalue weighted by atomic mass is 35.5. The number of aromatic nitrogens is 1.